The number of rotatable bonds is 4. The number of ether oxygens (including phenoxy) is 1. The van der Waals surface area contributed by atoms with Crippen molar-refractivity contribution in [2.45, 2.75) is 31.7 Å². The Hall–Kier alpha value is -4.34. The summed E-state index contributed by atoms with van der Waals surface area (Å²) in [6.45, 7) is 2.40. The minimum atomic E-state index is -0.305. The number of piperidine rings is 1. The van der Waals surface area contributed by atoms with Crippen LogP contribution in [0.5, 0.6) is 11.6 Å². The van der Waals surface area contributed by atoms with E-state index < -0.39 is 0 Å². The summed E-state index contributed by atoms with van der Waals surface area (Å²) < 4.78 is 19.1. The summed E-state index contributed by atoms with van der Waals surface area (Å²) in [6, 6.07) is 12.9. The Morgan fingerprint density at radius 3 is 2.62 bits per heavy atom. The first kappa shape index (κ1) is 25.0. The first-order chi connectivity index (χ1) is 18.9. The van der Waals surface area contributed by atoms with Gasteiger partial charge in [0.15, 0.2) is 0 Å². The molecule has 4 heterocycles. The van der Waals surface area contributed by atoms with E-state index in [9.17, 15) is 19.1 Å². The number of methoxy groups -OCH3 is 1. The molecule has 0 spiro atoms. The molecule has 3 aliphatic rings. The maximum atomic E-state index is 13.7. The number of anilines is 3. The van der Waals surface area contributed by atoms with Crippen molar-refractivity contribution in [1.29, 1.82) is 0 Å². The Morgan fingerprint density at radius 2 is 1.82 bits per heavy atom. The van der Waals surface area contributed by atoms with Gasteiger partial charge in [0.2, 0.25) is 5.88 Å². The second-order valence-electron chi connectivity index (χ2n) is 10.2. The normalized spacial score (nSPS) is 17.4. The van der Waals surface area contributed by atoms with Gasteiger partial charge >= 0.3 is 6.03 Å². The fraction of sp³-hybridized carbons (Fsp3) is 0.345. The average molecular weight is 532 g/mol. The highest BCUT2D eigenvalue weighted by molar-refractivity contribution is 6.07. The minimum Gasteiger partial charge on any atom is -0.508 e. The number of phenols is 1. The maximum Gasteiger partial charge on any atom is 0.322 e. The number of nitrogens with zero attached hydrogens (tertiary/aromatic N) is 4. The van der Waals surface area contributed by atoms with Gasteiger partial charge in [0, 0.05) is 55.2 Å². The summed E-state index contributed by atoms with van der Waals surface area (Å²) in [5.74, 6) is 0.711. The summed E-state index contributed by atoms with van der Waals surface area (Å²) >= 11 is 0. The van der Waals surface area contributed by atoms with Gasteiger partial charge in [-0.3, -0.25) is 4.79 Å². The lowest BCUT2D eigenvalue weighted by molar-refractivity contribution is 0.0988. The molecule has 1 aromatic heterocycles. The Labute approximate surface area is 225 Å². The van der Waals surface area contributed by atoms with E-state index in [1.165, 1.54) is 19.2 Å². The predicted octanol–water partition coefficient (Wildman–Crippen LogP) is 4.20. The lowest BCUT2D eigenvalue weighted by atomic mass is 10.0. The number of phenolic OH excluding ortho intramolecular Hbond substituents is 1. The third kappa shape index (κ3) is 4.82. The monoisotopic (exact) mass is 531 g/mol. The number of hydrogen-bond donors (Lipinski definition) is 2. The maximum absolute atomic E-state index is 13.7. The van der Waals surface area contributed by atoms with E-state index in [0.717, 1.165) is 35.3 Å². The minimum absolute atomic E-state index is 0.0670. The van der Waals surface area contributed by atoms with Gasteiger partial charge in [0.25, 0.3) is 5.91 Å². The largest absolute Gasteiger partial charge is 0.508 e. The van der Waals surface area contributed by atoms with E-state index in [0.29, 0.717) is 56.3 Å². The highest BCUT2D eigenvalue weighted by Crippen LogP contribution is 2.32. The van der Waals surface area contributed by atoms with Crippen molar-refractivity contribution < 1.29 is 23.8 Å². The zero-order valence-corrected chi connectivity index (χ0v) is 21.7. The van der Waals surface area contributed by atoms with E-state index in [4.69, 9.17) is 4.74 Å². The number of benzene rings is 2. The van der Waals surface area contributed by atoms with Gasteiger partial charge in [0.05, 0.1) is 7.11 Å². The van der Waals surface area contributed by atoms with Gasteiger partial charge in [0.1, 0.15) is 17.4 Å². The topological polar surface area (TPSA) is 98.2 Å². The van der Waals surface area contributed by atoms with Crippen molar-refractivity contribution in [1.82, 2.24) is 9.88 Å². The lowest BCUT2D eigenvalue weighted by Crippen LogP contribution is -2.49. The fourth-order valence-electron chi connectivity index (χ4n) is 5.81. The Balaban J connectivity index is 1.16. The van der Waals surface area contributed by atoms with Crippen LogP contribution in [0.2, 0.25) is 0 Å². The van der Waals surface area contributed by atoms with Crippen molar-refractivity contribution in [2.75, 3.05) is 48.4 Å². The van der Waals surface area contributed by atoms with Crippen molar-refractivity contribution in [2.24, 2.45) is 0 Å². The van der Waals surface area contributed by atoms with Gasteiger partial charge in [-0.1, -0.05) is 0 Å². The van der Waals surface area contributed by atoms with Crippen LogP contribution in [-0.4, -0.2) is 66.3 Å². The van der Waals surface area contributed by atoms with Crippen molar-refractivity contribution in [3.8, 4) is 11.6 Å². The van der Waals surface area contributed by atoms with Crippen LogP contribution in [0.4, 0.5) is 26.4 Å². The molecule has 0 unspecified atom stereocenters. The third-order valence-corrected chi connectivity index (χ3v) is 7.87. The van der Waals surface area contributed by atoms with E-state index in [2.05, 4.69) is 15.2 Å². The number of aromatic nitrogens is 1. The molecule has 1 fully saturated rings. The average Bonchev–Trinajstić information content (AvgIpc) is 3.29. The van der Waals surface area contributed by atoms with E-state index >= 15 is 0 Å². The molecule has 2 N–H and O–H groups in total. The highest BCUT2D eigenvalue weighted by atomic mass is 19.1. The molecule has 3 amide bonds. The Morgan fingerprint density at radius 1 is 1.03 bits per heavy atom. The number of carbonyl (C=O) groups excluding carboxylic acids is 2. The zero-order valence-electron chi connectivity index (χ0n) is 21.7. The summed E-state index contributed by atoms with van der Waals surface area (Å²) in [4.78, 5) is 36.8. The van der Waals surface area contributed by atoms with Gasteiger partial charge in [-0.25, -0.2) is 9.18 Å². The number of amides is 3. The molecule has 6 rings (SSSR count). The van der Waals surface area contributed by atoms with Crippen LogP contribution >= 0.6 is 0 Å². The SMILES string of the molecule is COc1cc(C(=O)N2CCc3cc(F)ccc32)cc(N2CCC(N3CCc4cc(O)ccc4NC3=O)CC2)n1. The first-order valence-electron chi connectivity index (χ1n) is 13.2. The molecule has 10 heteroatoms. The Kier molecular flexibility index (Phi) is 6.46. The number of carbonyl (C=O) groups is 2. The number of hydrogen-bond acceptors (Lipinski definition) is 6. The van der Waals surface area contributed by atoms with Crippen LogP contribution < -0.4 is 19.9 Å². The number of pyridine rings is 1. The number of nitrogens with one attached hydrogen (secondary N) is 1. The quantitative estimate of drug-likeness (QED) is 0.490. The number of aromatic hydroxyl groups is 1. The summed E-state index contributed by atoms with van der Waals surface area (Å²) in [5, 5.41) is 12.8. The van der Waals surface area contributed by atoms with Gasteiger partial charge in [-0.2, -0.15) is 4.98 Å². The van der Waals surface area contributed by atoms with Crippen LogP contribution in [0.15, 0.2) is 48.5 Å². The number of urea groups is 1. The smallest absolute Gasteiger partial charge is 0.322 e. The molecule has 1 saturated heterocycles. The van der Waals surface area contributed by atoms with Gasteiger partial charge in [-0.05, 0) is 79.3 Å². The number of halogens is 1. The summed E-state index contributed by atoms with van der Waals surface area (Å²) in [6.07, 6.45) is 2.78. The Bertz CT molecular complexity index is 1440. The summed E-state index contributed by atoms with van der Waals surface area (Å²) in [5.41, 5.74) is 3.67. The van der Waals surface area contributed by atoms with Gasteiger partial charge < -0.3 is 29.9 Å². The van der Waals surface area contributed by atoms with Crippen LogP contribution in [0.1, 0.15) is 34.3 Å². The lowest BCUT2D eigenvalue weighted by Gasteiger charge is -2.38. The predicted molar refractivity (Wildman–Crippen MR) is 145 cm³/mol. The van der Waals surface area contributed by atoms with Crippen LogP contribution in [-0.2, 0) is 12.8 Å². The molecule has 202 valence electrons. The molecule has 0 aliphatic carbocycles. The molecule has 0 saturated carbocycles. The molecule has 3 aromatic rings. The van der Waals surface area contributed by atoms with Crippen molar-refractivity contribution >= 4 is 29.1 Å². The molecule has 2 aromatic carbocycles. The van der Waals surface area contributed by atoms with Crippen LogP contribution in [0.25, 0.3) is 0 Å². The van der Waals surface area contributed by atoms with Crippen LogP contribution in [0.3, 0.4) is 0 Å². The van der Waals surface area contributed by atoms with E-state index in [1.54, 1.807) is 41.3 Å². The standard InChI is InChI=1S/C29H30FN5O4/c1-39-27-17-20(28(37)35-13-7-19-14-21(30)2-5-25(19)35)16-26(32-27)33-10-8-22(9-11-33)34-12-6-18-15-23(36)3-4-24(18)31-29(34)38/h2-5,14-17,22,36H,6-13H2,1H3,(H,31,38). The second-order valence-corrected chi connectivity index (χ2v) is 10.2. The van der Waals surface area contributed by atoms with Crippen molar-refractivity contribution in [3.05, 3.63) is 71.0 Å². The second kappa shape index (κ2) is 10.1. The summed E-state index contributed by atoms with van der Waals surface area (Å²) in [7, 11) is 1.52. The van der Waals surface area contributed by atoms with Gasteiger partial charge in [-0.15, -0.1) is 0 Å². The first-order valence-corrected chi connectivity index (χ1v) is 13.2. The molecular weight excluding hydrogens is 501 g/mol. The molecule has 0 radical (unpaired) electrons. The molecule has 3 aliphatic heterocycles. The zero-order chi connectivity index (χ0) is 27.1. The third-order valence-electron chi connectivity index (χ3n) is 7.87. The highest BCUT2D eigenvalue weighted by Gasteiger charge is 2.32. The molecule has 9 nitrogen and oxygen atoms in total. The van der Waals surface area contributed by atoms with E-state index in [1.807, 2.05) is 4.90 Å². The van der Waals surface area contributed by atoms with E-state index in [-0.39, 0.29) is 29.5 Å². The van der Waals surface area contributed by atoms with Crippen LogP contribution in [0, 0.1) is 5.82 Å². The molecule has 39 heavy (non-hydrogen) atoms. The van der Waals surface area contributed by atoms with Crippen molar-refractivity contribution in [3.63, 3.8) is 0 Å². The number of fused-ring (bicyclic) bond motifs is 2. The molecule has 0 atom stereocenters. The molecule has 0 bridgehead atoms. The fourth-order valence-corrected chi connectivity index (χ4v) is 5.81. The molecular formula is C29H30FN5O4.